The highest BCUT2D eigenvalue weighted by Crippen LogP contribution is 2.13. The number of hydrogen-bond donors (Lipinski definition) is 2. The van der Waals surface area contributed by atoms with Crippen LogP contribution < -0.4 is 10.6 Å². The van der Waals surface area contributed by atoms with Gasteiger partial charge in [-0.3, -0.25) is 9.59 Å². The highest BCUT2D eigenvalue weighted by Gasteiger charge is 2.06. The van der Waals surface area contributed by atoms with Gasteiger partial charge >= 0.3 is 0 Å². The van der Waals surface area contributed by atoms with E-state index in [2.05, 4.69) is 16.7 Å². The number of benzene rings is 3. The van der Waals surface area contributed by atoms with Gasteiger partial charge < -0.3 is 10.6 Å². The van der Waals surface area contributed by atoms with Crippen molar-refractivity contribution in [1.82, 2.24) is 0 Å². The Morgan fingerprint density at radius 2 is 1.23 bits per heavy atom. The molecule has 4 nitrogen and oxygen atoms in total. The molecule has 0 unspecified atom stereocenters. The van der Waals surface area contributed by atoms with Crippen LogP contribution in [-0.4, -0.2) is 24.7 Å². The van der Waals surface area contributed by atoms with Gasteiger partial charge in [-0.15, -0.1) is 0 Å². The molecule has 0 bridgehead atoms. The lowest BCUT2D eigenvalue weighted by Gasteiger charge is -2.08. The largest absolute Gasteiger partial charge is 0.378 e. The predicted molar refractivity (Wildman–Crippen MR) is 104 cm³/mol. The maximum atomic E-state index is 12.1. The average Bonchev–Trinajstić information content (AvgIpc) is 2.72. The third-order valence-corrected chi connectivity index (χ3v) is 3.90. The van der Waals surface area contributed by atoms with E-state index >= 15 is 0 Å². The Morgan fingerprint density at radius 3 is 1.73 bits per heavy atom. The molecule has 0 aliphatic rings. The zero-order chi connectivity index (χ0) is 18.2. The molecule has 0 aliphatic carbocycles. The zero-order valence-corrected chi connectivity index (χ0v) is 14.2. The third-order valence-electron chi connectivity index (χ3n) is 3.90. The van der Waals surface area contributed by atoms with Crippen LogP contribution in [0.5, 0.6) is 0 Å². The molecule has 2 N–H and O–H groups in total. The number of anilines is 2. The van der Waals surface area contributed by atoms with Crippen molar-refractivity contribution in [1.29, 1.82) is 0 Å². The first-order chi connectivity index (χ1) is 12.7. The summed E-state index contributed by atoms with van der Waals surface area (Å²) in [6.07, 6.45) is 0. The second-order valence-corrected chi connectivity index (χ2v) is 5.78. The molecule has 0 spiro atoms. The number of hydrogen-bond acceptors (Lipinski definition) is 4. The van der Waals surface area contributed by atoms with Crippen LogP contribution in [0.15, 0.2) is 78.9 Å². The summed E-state index contributed by atoms with van der Waals surface area (Å²) in [5, 5.41) is 6.15. The minimum atomic E-state index is 0.0228. The first-order valence-corrected chi connectivity index (χ1v) is 8.38. The maximum absolute atomic E-state index is 12.1. The minimum absolute atomic E-state index is 0.0228. The van der Waals surface area contributed by atoms with E-state index in [-0.39, 0.29) is 24.7 Å². The Labute approximate surface area is 152 Å². The fourth-order valence-corrected chi connectivity index (χ4v) is 2.45. The summed E-state index contributed by atoms with van der Waals surface area (Å²) in [5.74, 6) is 0.0518. The number of carbonyl (C=O) groups excluding carboxylic acids is 2. The SMILES string of the molecule is O=C(CNc1[c]cc(NCC(=O)c2ccccc2)cc1)c1ccccc1. The van der Waals surface area contributed by atoms with Crippen molar-refractivity contribution in [3.05, 3.63) is 96.1 Å². The molecule has 0 amide bonds. The molecule has 1 radical (unpaired) electrons. The second kappa shape index (κ2) is 8.62. The van der Waals surface area contributed by atoms with E-state index in [1.54, 1.807) is 30.3 Å². The molecule has 0 atom stereocenters. The van der Waals surface area contributed by atoms with E-state index in [0.717, 1.165) is 11.4 Å². The lowest BCUT2D eigenvalue weighted by Crippen LogP contribution is -2.15. The number of rotatable bonds is 8. The van der Waals surface area contributed by atoms with E-state index in [0.29, 0.717) is 11.1 Å². The van der Waals surface area contributed by atoms with Crippen molar-refractivity contribution in [3.8, 4) is 0 Å². The van der Waals surface area contributed by atoms with Crippen LogP contribution in [0.3, 0.4) is 0 Å². The van der Waals surface area contributed by atoms with E-state index in [1.165, 1.54) is 0 Å². The van der Waals surface area contributed by atoms with Gasteiger partial charge in [-0.2, -0.15) is 0 Å². The van der Waals surface area contributed by atoms with Gasteiger partial charge in [-0.1, -0.05) is 60.7 Å². The molecular formula is C22H19N2O2. The number of nitrogens with one attached hydrogen (secondary N) is 2. The predicted octanol–water partition coefficient (Wildman–Crippen LogP) is 4.08. The van der Waals surface area contributed by atoms with Gasteiger partial charge in [-0.05, 0) is 18.2 Å². The standard InChI is InChI=1S/C22H19N2O2/c25-21(17-7-3-1-4-8-17)15-23-19-11-13-20(14-12-19)24-16-22(26)18-9-5-2-6-10-18/h1-13,23-24H,15-16H2. The van der Waals surface area contributed by atoms with Crippen molar-refractivity contribution < 1.29 is 9.59 Å². The van der Waals surface area contributed by atoms with Gasteiger partial charge in [0, 0.05) is 28.6 Å². The Morgan fingerprint density at radius 1 is 0.692 bits per heavy atom. The van der Waals surface area contributed by atoms with Gasteiger partial charge in [0.1, 0.15) is 0 Å². The molecule has 3 aromatic rings. The Balaban J connectivity index is 1.49. The van der Waals surface area contributed by atoms with Crippen LogP contribution in [-0.2, 0) is 0 Å². The number of ketones is 2. The van der Waals surface area contributed by atoms with Crippen LogP contribution >= 0.6 is 0 Å². The first kappa shape index (κ1) is 17.4. The maximum Gasteiger partial charge on any atom is 0.181 e. The molecule has 129 valence electrons. The van der Waals surface area contributed by atoms with Gasteiger partial charge in [-0.25, -0.2) is 0 Å². The van der Waals surface area contributed by atoms with Crippen LogP contribution in [0.1, 0.15) is 20.7 Å². The van der Waals surface area contributed by atoms with Crippen molar-refractivity contribution >= 4 is 22.9 Å². The van der Waals surface area contributed by atoms with Crippen molar-refractivity contribution in [2.75, 3.05) is 23.7 Å². The molecule has 0 heterocycles. The molecule has 0 saturated heterocycles. The fourth-order valence-electron chi connectivity index (χ4n) is 2.45. The monoisotopic (exact) mass is 343 g/mol. The summed E-state index contributed by atoms with van der Waals surface area (Å²) in [7, 11) is 0. The molecule has 3 rings (SSSR count). The average molecular weight is 343 g/mol. The van der Waals surface area contributed by atoms with Gasteiger partial charge in [0.05, 0.1) is 13.1 Å². The van der Waals surface area contributed by atoms with Crippen LogP contribution in [0.4, 0.5) is 11.4 Å². The normalized spacial score (nSPS) is 10.2. The quantitative estimate of drug-likeness (QED) is 0.605. The van der Waals surface area contributed by atoms with Crippen LogP contribution in [0.25, 0.3) is 0 Å². The zero-order valence-electron chi connectivity index (χ0n) is 14.2. The number of carbonyl (C=O) groups is 2. The molecule has 0 aliphatic heterocycles. The molecule has 0 aromatic heterocycles. The summed E-state index contributed by atoms with van der Waals surface area (Å²) in [4.78, 5) is 24.1. The Kier molecular flexibility index (Phi) is 5.78. The number of Topliss-reactive ketones (excluding diaryl/α,β-unsaturated/α-hetero) is 2. The Bertz CT molecular complexity index is 785. The lowest BCUT2D eigenvalue weighted by molar-refractivity contribution is 0.0998. The summed E-state index contributed by atoms with van der Waals surface area (Å²) < 4.78 is 0. The highest BCUT2D eigenvalue weighted by atomic mass is 16.1. The van der Waals surface area contributed by atoms with Crippen molar-refractivity contribution in [2.24, 2.45) is 0 Å². The fraction of sp³-hybridized carbons (Fsp3) is 0.0909. The molecule has 3 aromatic carbocycles. The smallest absolute Gasteiger partial charge is 0.181 e. The van der Waals surface area contributed by atoms with E-state index in [9.17, 15) is 9.59 Å². The summed E-state index contributed by atoms with van der Waals surface area (Å²) >= 11 is 0. The van der Waals surface area contributed by atoms with Crippen molar-refractivity contribution in [3.63, 3.8) is 0 Å². The third kappa shape index (κ3) is 4.80. The Hall–Kier alpha value is -3.40. The second-order valence-electron chi connectivity index (χ2n) is 5.78. The van der Waals surface area contributed by atoms with Gasteiger partial charge in [0.2, 0.25) is 0 Å². The molecule has 0 fully saturated rings. The van der Waals surface area contributed by atoms with Crippen LogP contribution in [0.2, 0.25) is 0 Å². The lowest BCUT2D eigenvalue weighted by atomic mass is 10.1. The summed E-state index contributed by atoms with van der Waals surface area (Å²) in [6, 6.07) is 26.8. The van der Waals surface area contributed by atoms with Crippen LogP contribution in [0, 0.1) is 6.07 Å². The van der Waals surface area contributed by atoms with E-state index in [4.69, 9.17) is 0 Å². The summed E-state index contributed by atoms with van der Waals surface area (Å²) in [5.41, 5.74) is 2.89. The first-order valence-electron chi connectivity index (χ1n) is 8.38. The molecule has 4 heteroatoms. The minimum Gasteiger partial charge on any atom is -0.378 e. The van der Waals surface area contributed by atoms with Crippen molar-refractivity contribution in [2.45, 2.75) is 0 Å². The van der Waals surface area contributed by atoms with Gasteiger partial charge in [0.15, 0.2) is 11.6 Å². The van der Waals surface area contributed by atoms with E-state index in [1.807, 2.05) is 48.5 Å². The topological polar surface area (TPSA) is 58.2 Å². The highest BCUT2D eigenvalue weighted by molar-refractivity contribution is 5.99. The molecular weight excluding hydrogens is 324 g/mol. The summed E-state index contributed by atoms with van der Waals surface area (Å²) in [6.45, 7) is 0.427. The van der Waals surface area contributed by atoms with Gasteiger partial charge in [0.25, 0.3) is 0 Å². The molecule has 26 heavy (non-hydrogen) atoms. The molecule has 0 saturated carbocycles. The van der Waals surface area contributed by atoms with E-state index < -0.39 is 0 Å².